The second-order valence-corrected chi connectivity index (χ2v) is 6.82. The van der Waals surface area contributed by atoms with E-state index in [4.69, 9.17) is 0 Å². The predicted molar refractivity (Wildman–Crippen MR) is 97.9 cm³/mol. The fourth-order valence-electron chi connectivity index (χ4n) is 2.90. The van der Waals surface area contributed by atoms with Gasteiger partial charge >= 0.3 is 0 Å². The van der Waals surface area contributed by atoms with Gasteiger partial charge in [0, 0.05) is 9.26 Å². The average Bonchev–Trinajstić information content (AvgIpc) is 2.55. The van der Waals surface area contributed by atoms with Gasteiger partial charge in [-0.15, -0.1) is 0 Å². The third kappa shape index (κ3) is 3.80. The van der Waals surface area contributed by atoms with Crippen molar-refractivity contribution < 1.29 is 4.79 Å². The molecule has 0 bridgehead atoms. The number of amides is 1. The number of aryl methyl sites for hydroxylation is 1. The molecular formula is C18H19IN2O. The maximum atomic E-state index is 12.2. The van der Waals surface area contributed by atoms with Gasteiger partial charge in [-0.1, -0.05) is 24.3 Å². The summed E-state index contributed by atoms with van der Waals surface area (Å²) in [5, 5.41) is 6.32. The number of carbonyl (C=O) groups excluding carboxylic acids is 1. The summed E-state index contributed by atoms with van der Waals surface area (Å²) < 4.78 is 1.19. The minimum atomic E-state index is 0.0419. The summed E-state index contributed by atoms with van der Waals surface area (Å²) in [5.74, 6) is 0.0419. The van der Waals surface area contributed by atoms with Crippen molar-refractivity contribution >= 4 is 34.2 Å². The fourth-order valence-corrected chi connectivity index (χ4v) is 3.26. The molecule has 1 atom stereocenters. The lowest BCUT2D eigenvalue weighted by atomic mass is 9.88. The molecule has 0 aromatic heterocycles. The van der Waals surface area contributed by atoms with E-state index < -0.39 is 0 Å². The molecule has 4 heteroatoms. The quantitative estimate of drug-likeness (QED) is 0.757. The second-order valence-electron chi connectivity index (χ2n) is 5.57. The van der Waals surface area contributed by atoms with Crippen LogP contribution in [0.3, 0.4) is 0 Å². The molecule has 0 spiro atoms. The maximum Gasteiger partial charge on any atom is 0.239 e. The minimum Gasteiger partial charge on any atom is -0.376 e. The minimum absolute atomic E-state index is 0.0419. The van der Waals surface area contributed by atoms with Crippen molar-refractivity contribution in [1.29, 1.82) is 0 Å². The normalized spacial score (nSPS) is 16.7. The van der Waals surface area contributed by atoms with E-state index in [1.165, 1.54) is 14.7 Å². The summed E-state index contributed by atoms with van der Waals surface area (Å²) >= 11 is 2.27. The maximum absolute atomic E-state index is 12.2. The molecular weight excluding hydrogens is 387 g/mol. The molecule has 0 heterocycles. The number of anilines is 1. The van der Waals surface area contributed by atoms with Gasteiger partial charge in [0.15, 0.2) is 0 Å². The number of rotatable bonds is 4. The summed E-state index contributed by atoms with van der Waals surface area (Å²) in [5.41, 5.74) is 3.61. The van der Waals surface area contributed by atoms with Crippen LogP contribution in [0.25, 0.3) is 0 Å². The Morgan fingerprint density at radius 3 is 2.73 bits per heavy atom. The Labute approximate surface area is 144 Å². The standard InChI is InChI=1S/C18H19IN2O/c19-14-8-10-15(11-9-14)20-12-18(22)21-17-7-3-5-13-4-1-2-6-16(13)17/h1-2,4,6,8-11,17,20H,3,5,7,12H2,(H,21,22)/t17-/m1/s1. The number of hydrogen-bond donors (Lipinski definition) is 2. The topological polar surface area (TPSA) is 41.1 Å². The SMILES string of the molecule is O=C(CNc1ccc(I)cc1)N[C@@H]1CCCc2ccccc21. The number of hydrogen-bond acceptors (Lipinski definition) is 2. The first-order valence-electron chi connectivity index (χ1n) is 7.59. The van der Waals surface area contributed by atoms with E-state index in [1.54, 1.807) is 0 Å². The van der Waals surface area contributed by atoms with Crippen LogP contribution in [0.4, 0.5) is 5.69 Å². The van der Waals surface area contributed by atoms with Gasteiger partial charge in [-0.2, -0.15) is 0 Å². The van der Waals surface area contributed by atoms with E-state index >= 15 is 0 Å². The van der Waals surface area contributed by atoms with Gasteiger partial charge in [-0.25, -0.2) is 0 Å². The van der Waals surface area contributed by atoms with Crippen LogP contribution in [0.5, 0.6) is 0 Å². The van der Waals surface area contributed by atoms with Crippen LogP contribution < -0.4 is 10.6 Å². The lowest BCUT2D eigenvalue weighted by molar-refractivity contribution is -0.120. The Bertz CT molecular complexity index is 654. The van der Waals surface area contributed by atoms with Gasteiger partial charge < -0.3 is 10.6 Å². The zero-order valence-electron chi connectivity index (χ0n) is 12.3. The van der Waals surface area contributed by atoms with E-state index in [2.05, 4.69) is 51.4 Å². The molecule has 0 saturated heterocycles. The molecule has 2 aromatic rings. The third-order valence-electron chi connectivity index (χ3n) is 4.00. The first-order valence-corrected chi connectivity index (χ1v) is 8.67. The summed E-state index contributed by atoms with van der Waals surface area (Å²) in [6, 6.07) is 16.6. The monoisotopic (exact) mass is 406 g/mol. The molecule has 2 aromatic carbocycles. The highest BCUT2D eigenvalue weighted by Gasteiger charge is 2.20. The molecule has 0 radical (unpaired) electrons. The van der Waals surface area contributed by atoms with Crippen LogP contribution in [-0.4, -0.2) is 12.5 Å². The molecule has 3 nitrogen and oxygen atoms in total. The van der Waals surface area contributed by atoms with Crippen molar-refractivity contribution in [3.63, 3.8) is 0 Å². The van der Waals surface area contributed by atoms with E-state index in [0.717, 1.165) is 24.9 Å². The lowest BCUT2D eigenvalue weighted by Gasteiger charge is -2.26. The van der Waals surface area contributed by atoms with Crippen LogP contribution in [0, 0.1) is 3.57 Å². The van der Waals surface area contributed by atoms with Crippen LogP contribution in [-0.2, 0) is 11.2 Å². The summed E-state index contributed by atoms with van der Waals surface area (Å²) in [4.78, 5) is 12.2. The van der Waals surface area contributed by atoms with Crippen LogP contribution >= 0.6 is 22.6 Å². The molecule has 0 unspecified atom stereocenters. The smallest absolute Gasteiger partial charge is 0.239 e. The van der Waals surface area contributed by atoms with Crippen molar-refractivity contribution in [1.82, 2.24) is 5.32 Å². The van der Waals surface area contributed by atoms with E-state index in [1.807, 2.05) is 30.3 Å². The molecule has 114 valence electrons. The van der Waals surface area contributed by atoms with E-state index in [0.29, 0.717) is 6.54 Å². The van der Waals surface area contributed by atoms with Gasteiger partial charge in [0.25, 0.3) is 0 Å². The Balaban J connectivity index is 1.57. The third-order valence-corrected chi connectivity index (χ3v) is 4.72. The molecule has 22 heavy (non-hydrogen) atoms. The fraction of sp³-hybridized carbons (Fsp3) is 0.278. The summed E-state index contributed by atoms with van der Waals surface area (Å²) in [6.07, 6.45) is 3.27. The van der Waals surface area contributed by atoms with Gasteiger partial charge in [-0.05, 0) is 77.2 Å². The van der Waals surface area contributed by atoms with Crippen molar-refractivity contribution in [3.8, 4) is 0 Å². The molecule has 1 amide bonds. The van der Waals surface area contributed by atoms with Crippen LogP contribution in [0.2, 0.25) is 0 Å². The van der Waals surface area contributed by atoms with E-state index in [-0.39, 0.29) is 11.9 Å². The molecule has 1 aliphatic carbocycles. The molecule has 0 aliphatic heterocycles. The average molecular weight is 406 g/mol. The Kier molecular flexibility index (Phi) is 4.97. The van der Waals surface area contributed by atoms with Crippen molar-refractivity contribution in [2.45, 2.75) is 25.3 Å². The van der Waals surface area contributed by atoms with Gasteiger partial charge in [0.1, 0.15) is 0 Å². The molecule has 0 saturated carbocycles. The first kappa shape index (κ1) is 15.3. The highest BCUT2D eigenvalue weighted by Crippen LogP contribution is 2.29. The van der Waals surface area contributed by atoms with Gasteiger partial charge in [0.2, 0.25) is 5.91 Å². The van der Waals surface area contributed by atoms with E-state index in [9.17, 15) is 4.79 Å². The van der Waals surface area contributed by atoms with Crippen molar-refractivity contribution in [2.24, 2.45) is 0 Å². The van der Waals surface area contributed by atoms with Gasteiger partial charge in [-0.3, -0.25) is 4.79 Å². The molecule has 1 aliphatic rings. The van der Waals surface area contributed by atoms with Crippen molar-refractivity contribution in [2.75, 3.05) is 11.9 Å². The number of halogens is 1. The Hall–Kier alpha value is -1.56. The highest BCUT2D eigenvalue weighted by atomic mass is 127. The Morgan fingerprint density at radius 2 is 1.91 bits per heavy atom. The first-order chi connectivity index (χ1) is 10.7. The number of benzene rings is 2. The largest absolute Gasteiger partial charge is 0.376 e. The van der Waals surface area contributed by atoms with Crippen LogP contribution in [0.1, 0.15) is 30.0 Å². The van der Waals surface area contributed by atoms with Crippen LogP contribution in [0.15, 0.2) is 48.5 Å². The second kappa shape index (κ2) is 7.13. The summed E-state index contributed by atoms with van der Waals surface area (Å²) in [6.45, 7) is 0.305. The lowest BCUT2D eigenvalue weighted by Crippen LogP contribution is -2.35. The Morgan fingerprint density at radius 1 is 1.14 bits per heavy atom. The van der Waals surface area contributed by atoms with Gasteiger partial charge in [0.05, 0.1) is 12.6 Å². The number of fused-ring (bicyclic) bond motifs is 1. The molecule has 2 N–H and O–H groups in total. The zero-order valence-corrected chi connectivity index (χ0v) is 14.5. The molecule has 3 rings (SSSR count). The highest BCUT2D eigenvalue weighted by molar-refractivity contribution is 14.1. The summed E-state index contributed by atoms with van der Waals surface area (Å²) in [7, 11) is 0. The zero-order chi connectivity index (χ0) is 15.4. The number of nitrogens with one attached hydrogen (secondary N) is 2. The number of carbonyl (C=O) groups is 1. The predicted octanol–water partition coefficient (Wildman–Crippen LogP) is 3.90. The van der Waals surface area contributed by atoms with Crippen molar-refractivity contribution in [3.05, 3.63) is 63.2 Å². The molecule has 0 fully saturated rings.